The molecule has 0 unspecified atom stereocenters. The van der Waals surface area contributed by atoms with Crippen molar-refractivity contribution in [3.05, 3.63) is 46.7 Å². The van der Waals surface area contributed by atoms with E-state index in [0.29, 0.717) is 10.6 Å². The molecule has 0 bridgehead atoms. The number of alkyl halides is 3. The van der Waals surface area contributed by atoms with Crippen LogP contribution >= 0.6 is 11.6 Å². The number of hydrogen-bond donors (Lipinski definition) is 0. The lowest BCUT2D eigenvalue weighted by Crippen LogP contribution is -2.11. The van der Waals surface area contributed by atoms with Gasteiger partial charge in [-0.25, -0.2) is 4.79 Å². The van der Waals surface area contributed by atoms with Crippen LogP contribution in [0.3, 0.4) is 0 Å². The normalized spacial score (nSPS) is 11.4. The van der Waals surface area contributed by atoms with Crippen molar-refractivity contribution in [2.24, 2.45) is 0 Å². The van der Waals surface area contributed by atoms with Crippen LogP contribution in [-0.2, 0) is 10.9 Å². The smallest absolute Gasteiger partial charge is 0.450 e. The van der Waals surface area contributed by atoms with Crippen LogP contribution in [0.4, 0.5) is 13.2 Å². The van der Waals surface area contributed by atoms with E-state index < -0.39 is 23.5 Å². The molecule has 0 spiro atoms. The lowest BCUT2D eigenvalue weighted by atomic mass is 10.1. The largest absolute Gasteiger partial charge is 0.465 e. The van der Waals surface area contributed by atoms with Gasteiger partial charge in [-0.2, -0.15) is 13.2 Å². The van der Waals surface area contributed by atoms with Crippen LogP contribution in [0.15, 0.2) is 34.7 Å². The molecule has 0 amide bonds. The van der Waals surface area contributed by atoms with Gasteiger partial charge in [0.15, 0.2) is 0 Å². The average molecular weight is 305 g/mol. The highest BCUT2D eigenvalue weighted by atomic mass is 35.5. The molecular formula is C13H8ClF3O3. The van der Waals surface area contributed by atoms with Crippen molar-refractivity contribution in [3.8, 4) is 11.3 Å². The van der Waals surface area contributed by atoms with Crippen LogP contribution in [0.5, 0.6) is 0 Å². The van der Waals surface area contributed by atoms with Gasteiger partial charge in [0.2, 0.25) is 5.76 Å². The molecule has 0 N–H and O–H groups in total. The molecule has 3 nitrogen and oxygen atoms in total. The summed E-state index contributed by atoms with van der Waals surface area (Å²) in [5.41, 5.74) is -0.292. The van der Waals surface area contributed by atoms with Gasteiger partial charge in [-0.15, -0.1) is 0 Å². The maximum atomic E-state index is 12.8. The van der Waals surface area contributed by atoms with E-state index >= 15 is 0 Å². The number of carbonyl (C=O) groups excluding carboxylic acids is 1. The molecule has 1 aromatic heterocycles. The van der Waals surface area contributed by atoms with E-state index in [9.17, 15) is 18.0 Å². The highest BCUT2D eigenvalue weighted by Crippen LogP contribution is 2.37. The van der Waals surface area contributed by atoms with Crippen molar-refractivity contribution < 1.29 is 27.1 Å². The van der Waals surface area contributed by atoms with E-state index in [4.69, 9.17) is 16.0 Å². The molecule has 0 aliphatic heterocycles. The Labute approximate surface area is 116 Å². The molecule has 0 saturated carbocycles. The molecule has 106 valence electrons. The SMILES string of the molecule is COC(=O)c1cc(-c2ccc(Cl)cc2)oc1C(F)(F)F. The van der Waals surface area contributed by atoms with Gasteiger partial charge in [0, 0.05) is 10.6 Å². The highest BCUT2D eigenvalue weighted by Gasteiger charge is 2.40. The number of hydrogen-bond acceptors (Lipinski definition) is 3. The van der Waals surface area contributed by atoms with Gasteiger partial charge in [-0.05, 0) is 30.3 Å². The third-order valence-electron chi connectivity index (χ3n) is 2.52. The van der Waals surface area contributed by atoms with Crippen molar-refractivity contribution in [2.75, 3.05) is 7.11 Å². The first-order chi connectivity index (χ1) is 9.32. The number of halogens is 4. The molecule has 0 aliphatic rings. The van der Waals surface area contributed by atoms with Crippen molar-refractivity contribution in [2.45, 2.75) is 6.18 Å². The highest BCUT2D eigenvalue weighted by molar-refractivity contribution is 6.30. The first-order valence-electron chi connectivity index (χ1n) is 5.38. The summed E-state index contributed by atoms with van der Waals surface area (Å²) in [6.45, 7) is 0. The summed E-state index contributed by atoms with van der Waals surface area (Å²) in [6.07, 6.45) is -4.78. The predicted octanol–water partition coefficient (Wildman–Crippen LogP) is 4.41. The minimum absolute atomic E-state index is 0.0885. The van der Waals surface area contributed by atoms with E-state index in [0.717, 1.165) is 13.2 Å². The zero-order valence-electron chi connectivity index (χ0n) is 10.1. The zero-order chi connectivity index (χ0) is 14.9. The predicted molar refractivity (Wildman–Crippen MR) is 65.5 cm³/mol. The van der Waals surface area contributed by atoms with Crippen molar-refractivity contribution >= 4 is 17.6 Å². The van der Waals surface area contributed by atoms with E-state index in [1.165, 1.54) is 24.3 Å². The Morgan fingerprint density at radius 2 is 1.85 bits per heavy atom. The topological polar surface area (TPSA) is 39.4 Å². The Bertz CT molecular complexity index is 629. The fourth-order valence-electron chi connectivity index (χ4n) is 1.62. The Kier molecular flexibility index (Phi) is 3.76. The standard InChI is InChI=1S/C13H8ClF3O3/c1-19-12(18)9-6-10(20-11(9)13(15,16)17)7-2-4-8(14)5-3-7/h2-6H,1H3. The Hall–Kier alpha value is -1.95. The van der Waals surface area contributed by atoms with Crippen LogP contribution < -0.4 is 0 Å². The van der Waals surface area contributed by atoms with Gasteiger partial charge in [-0.3, -0.25) is 0 Å². The molecule has 20 heavy (non-hydrogen) atoms. The molecule has 1 aromatic carbocycles. The molecule has 0 aliphatic carbocycles. The van der Waals surface area contributed by atoms with Crippen molar-refractivity contribution in [1.29, 1.82) is 0 Å². The van der Waals surface area contributed by atoms with Crippen LogP contribution in [-0.4, -0.2) is 13.1 Å². The van der Waals surface area contributed by atoms with Gasteiger partial charge in [-0.1, -0.05) is 11.6 Å². The molecule has 1 heterocycles. The second-order valence-electron chi connectivity index (χ2n) is 3.85. The van der Waals surface area contributed by atoms with Crippen LogP contribution in [0.1, 0.15) is 16.1 Å². The average Bonchev–Trinajstić information content (AvgIpc) is 2.83. The van der Waals surface area contributed by atoms with Gasteiger partial charge >= 0.3 is 12.1 Å². The van der Waals surface area contributed by atoms with Gasteiger partial charge < -0.3 is 9.15 Å². The first kappa shape index (κ1) is 14.5. The molecule has 2 rings (SSSR count). The summed E-state index contributed by atoms with van der Waals surface area (Å²) in [5.74, 6) is -2.58. The summed E-state index contributed by atoms with van der Waals surface area (Å²) >= 11 is 5.70. The third kappa shape index (κ3) is 2.80. The fraction of sp³-hybridized carbons (Fsp3) is 0.154. The summed E-state index contributed by atoms with van der Waals surface area (Å²) < 4.78 is 47.5. The summed E-state index contributed by atoms with van der Waals surface area (Å²) in [5, 5.41) is 0.435. The number of rotatable bonds is 2. The second kappa shape index (κ2) is 5.20. The number of esters is 1. The lowest BCUT2D eigenvalue weighted by molar-refractivity contribution is -0.153. The minimum Gasteiger partial charge on any atom is -0.465 e. The van der Waals surface area contributed by atoms with Crippen LogP contribution in [0.2, 0.25) is 5.02 Å². The van der Waals surface area contributed by atoms with Crippen molar-refractivity contribution in [1.82, 2.24) is 0 Å². The molecule has 0 atom stereocenters. The molecule has 0 fully saturated rings. The molecule has 0 saturated heterocycles. The molecular weight excluding hydrogens is 297 g/mol. The number of furan rings is 1. The van der Waals surface area contributed by atoms with Crippen LogP contribution in [0.25, 0.3) is 11.3 Å². The van der Waals surface area contributed by atoms with Crippen LogP contribution in [0, 0.1) is 0 Å². The maximum Gasteiger partial charge on any atom is 0.450 e. The Balaban J connectivity index is 2.54. The molecule has 7 heteroatoms. The Morgan fingerprint density at radius 1 is 1.25 bits per heavy atom. The second-order valence-corrected chi connectivity index (χ2v) is 4.29. The minimum atomic E-state index is -4.78. The third-order valence-corrected chi connectivity index (χ3v) is 2.78. The number of carbonyl (C=O) groups is 1. The molecule has 2 aromatic rings. The number of ether oxygens (including phenoxy) is 1. The number of benzene rings is 1. The lowest BCUT2D eigenvalue weighted by Gasteiger charge is -2.04. The quantitative estimate of drug-likeness (QED) is 0.772. The summed E-state index contributed by atoms with van der Waals surface area (Å²) in [4.78, 5) is 11.4. The van der Waals surface area contributed by atoms with Gasteiger partial charge in [0.1, 0.15) is 11.3 Å². The van der Waals surface area contributed by atoms with E-state index in [1.807, 2.05) is 0 Å². The Morgan fingerprint density at radius 3 is 2.35 bits per heavy atom. The van der Waals surface area contributed by atoms with Crippen molar-refractivity contribution in [3.63, 3.8) is 0 Å². The zero-order valence-corrected chi connectivity index (χ0v) is 10.9. The fourth-order valence-corrected chi connectivity index (χ4v) is 1.75. The van der Waals surface area contributed by atoms with E-state index in [2.05, 4.69) is 4.74 Å². The monoisotopic (exact) mass is 304 g/mol. The van der Waals surface area contributed by atoms with Gasteiger partial charge in [0.25, 0.3) is 0 Å². The summed E-state index contributed by atoms with van der Waals surface area (Å²) in [7, 11) is 0.997. The number of methoxy groups -OCH3 is 1. The molecule has 0 radical (unpaired) electrons. The van der Waals surface area contributed by atoms with Gasteiger partial charge in [0.05, 0.1) is 7.11 Å². The maximum absolute atomic E-state index is 12.8. The van der Waals surface area contributed by atoms with E-state index in [1.54, 1.807) is 0 Å². The summed E-state index contributed by atoms with van der Waals surface area (Å²) in [6, 6.07) is 6.98. The first-order valence-corrected chi connectivity index (χ1v) is 5.76. The van der Waals surface area contributed by atoms with E-state index in [-0.39, 0.29) is 5.76 Å².